The Morgan fingerprint density at radius 2 is 1.65 bits per heavy atom. The maximum absolute atomic E-state index is 11.9. The van der Waals surface area contributed by atoms with Crippen LogP contribution in [0.3, 0.4) is 0 Å². The maximum atomic E-state index is 11.9. The monoisotopic (exact) mass is 347 g/mol. The highest BCUT2D eigenvalue weighted by molar-refractivity contribution is 6.67. The first kappa shape index (κ1) is 19.6. The number of alkyl carbamates (subject to hydrolysis) is 1. The van der Waals surface area contributed by atoms with Crippen LogP contribution in [0, 0.1) is 5.92 Å². The molecule has 1 atom stereocenters. The third kappa shape index (κ3) is 9.50. The first-order chi connectivity index (χ1) is 8.82. The number of carbonyl (C=O) groups excluding carboxylic acids is 2. The van der Waals surface area contributed by atoms with Crippen molar-refractivity contribution >= 4 is 46.9 Å². The third-order valence-electron chi connectivity index (χ3n) is 1.97. The van der Waals surface area contributed by atoms with Crippen LogP contribution in [-0.4, -0.2) is 34.1 Å². The molecule has 0 aromatic carbocycles. The molecule has 0 bridgehead atoms. The summed E-state index contributed by atoms with van der Waals surface area (Å²) < 4.78 is 8.24. The summed E-state index contributed by atoms with van der Waals surface area (Å²) in [5.41, 5.74) is -0.660. The van der Waals surface area contributed by atoms with Crippen molar-refractivity contribution in [3.05, 3.63) is 0 Å². The average Bonchev–Trinajstić information content (AvgIpc) is 2.18. The first-order valence-corrected chi connectivity index (χ1v) is 7.18. The fourth-order valence-corrected chi connectivity index (χ4v) is 1.34. The Morgan fingerprint density at radius 3 is 2.00 bits per heavy atom. The second-order valence-electron chi connectivity index (χ2n) is 5.59. The Morgan fingerprint density at radius 1 is 1.15 bits per heavy atom. The van der Waals surface area contributed by atoms with Crippen LogP contribution >= 0.6 is 34.8 Å². The van der Waals surface area contributed by atoms with E-state index in [0.29, 0.717) is 0 Å². The van der Waals surface area contributed by atoms with E-state index in [9.17, 15) is 9.59 Å². The van der Waals surface area contributed by atoms with Gasteiger partial charge in [0.05, 0.1) is 0 Å². The number of hydrogen-bond donors (Lipinski definition) is 1. The number of hydrogen-bond acceptors (Lipinski definition) is 4. The van der Waals surface area contributed by atoms with Crippen LogP contribution in [0.4, 0.5) is 4.79 Å². The standard InChI is InChI=1S/C12H20Cl3NO4/c1-7(2)8(9(17)19-6-12(13,14)15)16-10(18)20-11(3,4)5/h7-8H,6H2,1-5H3,(H,16,18)/t8-/m0/s1. The predicted molar refractivity (Wildman–Crippen MR) is 79.2 cm³/mol. The van der Waals surface area contributed by atoms with Crippen molar-refractivity contribution in [3.63, 3.8) is 0 Å². The molecule has 0 saturated heterocycles. The molecule has 0 fully saturated rings. The molecule has 0 aromatic heterocycles. The van der Waals surface area contributed by atoms with Crippen molar-refractivity contribution in [2.75, 3.05) is 6.61 Å². The summed E-state index contributed by atoms with van der Waals surface area (Å²) in [6, 6.07) is -0.878. The first-order valence-electron chi connectivity index (χ1n) is 6.05. The smallest absolute Gasteiger partial charge is 0.408 e. The van der Waals surface area contributed by atoms with Gasteiger partial charge in [0.25, 0.3) is 0 Å². The van der Waals surface area contributed by atoms with Crippen molar-refractivity contribution in [2.24, 2.45) is 5.92 Å². The maximum Gasteiger partial charge on any atom is 0.408 e. The van der Waals surface area contributed by atoms with Crippen LogP contribution in [0.2, 0.25) is 0 Å². The normalized spacial score (nSPS) is 13.8. The summed E-state index contributed by atoms with van der Waals surface area (Å²) in [6.45, 7) is 8.27. The van der Waals surface area contributed by atoms with Crippen molar-refractivity contribution in [3.8, 4) is 0 Å². The Hall–Kier alpha value is -0.390. The second-order valence-corrected chi connectivity index (χ2v) is 8.11. The average molecular weight is 349 g/mol. The number of rotatable bonds is 4. The lowest BCUT2D eigenvalue weighted by atomic mass is 10.1. The van der Waals surface area contributed by atoms with Gasteiger partial charge in [0.15, 0.2) is 0 Å². The van der Waals surface area contributed by atoms with Gasteiger partial charge < -0.3 is 14.8 Å². The lowest BCUT2D eigenvalue weighted by molar-refractivity contribution is -0.147. The quantitative estimate of drug-likeness (QED) is 0.624. The van der Waals surface area contributed by atoms with Gasteiger partial charge in [0.2, 0.25) is 3.79 Å². The lowest BCUT2D eigenvalue weighted by Gasteiger charge is -2.25. The molecule has 0 aliphatic rings. The fourth-order valence-electron chi connectivity index (χ4n) is 1.18. The zero-order chi connectivity index (χ0) is 16.1. The van der Waals surface area contributed by atoms with Gasteiger partial charge in [-0.3, -0.25) is 0 Å². The fraction of sp³-hybridized carbons (Fsp3) is 0.833. The van der Waals surface area contributed by atoms with Gasteiger partial charge >= 0.3 is 12.1 Å². The number of halogens is 3. The van der Waals surface area contributed by atoms with Gasteiger partial charge in [-0.2, -0.15) is 0 Å². The third-order valence-corrected chi connectivity index (χ3v) is 2.30. The molecule has 0 rings (SSSR count). The van der Waals surface area contributed by atoms with Crippen molar-refractivity contribution in [1.29, 1.82) is 0 Å². The molecule has 0 spiro atoms. The summed E-state index contributed by atoms with van der Waals surface area (Å²) in [5, 5.41) is 2.44. The molecule has 0 aliphatic carbocycles. The minimum absolute atomic E-state index is 0.203. The van der Waals surface area contributed by atoms with Crippen molar-refractivity contribution in [2.45, 2.75) is 50.1 Å². The zero-order valence-corrected chi connectivity index (χ0v) is 14.4. The molecule has 0 radical (unpaired) electrons. The summed E-state index contributed by atoms with van der Waals surface area (Å²) in [5.74, 6) is -0.887. The molecule has 1 amide bonds. The van der Waals surface area contributed by atoms with E-state index < -0.39 is 34.1 Å². The van der Waals surface area contributed by atoms with Crippen molar-refractivity contribution < 1.29 is 19.1 Å². The van der Waals surface area contributed by atoms with Gasteiger partial charge in [-0.1, -0.05) is 48.7 Å². The number of ether oxygens (including phenoxy) is 2. The highest BCUT2D eigenvalue weighted by Crippen LogP contribution is 2.26. The molecule has 8 heteroatoms. The number of amides is 1. The lowest BCUT2D eigenvalue weighted by Crippen LogP contribution is -2.47. The van der Waals surface area contributed by atoms with Crippen LogP contribution in [0.5, 0.6) is 0 Å². The van der Waals surface area contributed by atoms with Gasteiger partial charge in [-0.25, -0.2) is 9.59 Å². The second kappa shape index (κ2) is 7.57. The minimum Gasteiger partial charge on any atom is -0.460 e. The predicted octanol–water partition coefficient (Wildman–Crippen LogP) is 3.45. The molecular weight excluding hydrogens is 328 g/mol. The van der Waals surface area contributed by atoms with Crippen molar-refractivity contribution in [1.82, 2.24) is 5.32 Å². The highest BCUT2D eigenvalue weighted by atomic mass is 35.6. The molecule has 20 heavy (non-hydrogen) atoms. The van der Waals surface area contributed by atoms with Gasteiger partial charge in [-0.15, -0.1) is 0 Å². The molecule has 5 nitrogen and oxygen atoms in total. The Labute approximate surface area is 134 Å². The van der Waals surface area contributed by atoms with E-state index in [1.54, 1.807) is 34.6 Å². The molecule has 0 heterocycles. The molecule has 0 aromatic rings. The summed E-state index contributed by atoms with van der Waals surface area (Å²) in [7, 11) is 0. The topological polar surface area (TPSA) is 64.6 Å². The van der Waals surface area contributed by atoms with Crippen LogP contribution in [0.25, 0.3) is 0 Å². The molecular formula is C12H20Cl3NO4. The van der Waals surface area contributed by atoms with Crippen LogP contribution in [0.1, 0.15) is 34.6 Å². The summed E-state index contributed by atoms with van der Waals surface area (Å²) >= 11 is 16.5. The summed E-state index contributed by atoms with van der Waals surface area (Å²) in [6.07, 6.45) is -0.706. The molecule has 0 unspecified atom stereocenters. The van der Waals surface area contributed by atoms with Gasteiger partial charge in [0, 0.05) is 0 Å². The minimum atomic E-state index is -1.69. The van der Waals surface area contributed by atoms with Gasteiger partial charge in [-0.05, 0) is 26.7 Å². The molecule has 1 N–H and O–H groups in total. The van der Waals surface area contributed by atoms with E-state index in [-0.39, 0.29) is 5.92 Å². The Balaban J connectivity index is 4.58. The largest absolute Gasteiger partial charge is 0.460 e. The number of esters is 1. The van der Waals surface area contributed by atoms with Crippen LogP contribution in [0.15, 0.2) is 0 Å². The number of alkyl halides is 3. The summed E-state index contributed by atoms with van der Waals surface area (Å²) in [4.78, 5) is 23.5. The van der Waals surface area contributed by atoms with E-state index in [1.165, 1.54) is 0 Å². The van der Waals surface area contributed by atoms with Gasteiger partial charge in [0.1, 0.15) is 18.2 Å². The van der Waals surface area contributed by atoms with Crippen LogP contribution < -0.4 is 5.32 Å². The van der Waals surface area contributed by atoms with E-state index in [0.717, 1.165) is 0 Å². The number of carbonyl (C=O) groups is 2. The zero-order valence-electron chi connectivity index (χ0n) is 12.1. The van der Waals surface area contributed by atoms with E-state index in [1.807, 2.05) is 0 Å². The highest BCUT2D eigenvalue weighted by Gasteiger charge is 2.30. The number of nitrogens with one attached hydrogen (secondary N) is 1. The molecule has 0 aliphatic heterocycles. The van der Waals surface area contributed by atoms with Crippen LogP contribution in [-0.2, 0) is 14.3 Å². The van der Waals surface area contributed by atoms with E-state index >= 15 is 0 Å². The molecule has 118 valence electrons. The van der Waals surface area contributed by atoms with E-state index in [2.05, 4.69) is 5.32 Å². The Kier molecular flexibility index (Phi) is 7.42. The van der Waals surface area contributed by atoms with E-state index in [4.69, 9.17) is 44.3 Å². The SMILES string of the molecule is CC(C)[C@H](NC(=O)OC(C)(C)C)C(=O)OCC(Cl)(Cl)Cl. The molecule has 0 saturated carbocycles. The Bertz CT molecular complexity index is 348.